The molecule has 2 aromatic rings. The van der Waals surface area contributed by atoms with Gasteiger partial charge in [-0.1, -0.05) is 37.4 Å². The standard InChI is InChI=1S/C18H16O6/c1-3-16(20)23-14-11-15(22-10-9-19)18(24-17(21)4-2)13-8-6-5-7-12(13)14/h3-8,11,19H,1-2,9-10H2. The van der Waals surface area contributed by atoms with Gasteiger partial charge in [0.15, 0.2) is 11.5 Å². The second-order valence-electron chi connectivity index (χ2n) is 4.57. The molecule has 0 saturated carbocycles. The lowest BCUT2D eigenvalue weighted by Crippen LogP contribution is -2.09. The van der Waals surface area contributed by atoms with Gasteiger partial charge in [0.05, 0.1) is 6.61 Å². The van der Waals surface area contributed by atoms with E-state index in [1.54, 1.807) is 24.3 Å². The number of benzene rings is 2. The molecule has 0 radical (unpaired) electrons. The van der Waals surface area contributed by atoms with Crippen LogP contribution in [0, 0.1) is 0 Å². The molecule has 0 fully saturated rings. The average Bonchev–Trinajstić information content (AvgIpc) is 2.61. The van der Waals surface area contributed by atoms with Gasteiger partial charge in [-0.25, -0.2) is 9.59 Å². The molecule has 0 amide bonds. The van der Waals surface area contributed by atoms with Crippen LogP contribution in [0.2, 0.25) is 0 Å². The van der Waals surface area contributed by atoms with Crippen LogP contribution in [0.4, 0.5) is 0 Å². The Bertz CT molecular complexity index is 793. The number of carbonyl (C=O) groups excluding carboxylic acids is 2. The minimum Gasteiger partial charge on any atom is -0.487 e. The van der Waals surface area contributed by atoms with Crippen LogP contribution in [0.5, 0.6) is 17.2 Å². The summed E-state index contributed by atoms with van der Waals surface area (Å²) in [6.45, 7) is 6.46. The zero-order valence-corrected chi connectivity index (χ0v) is 12.9. The van der Waals surface area contributed by atoms with Gasteiger partial charge < -0.3 is 19.3 Å². The molecule has 6 heteroatoms. The van der Waals surface area contributed by atoms with Gasteiger partial charge in [0.2, 0.25) is 0 Å². The molecule has 0 aromatic heterocycles. The zero-order valence-electron chi connectivity index (χ0n) is 12.9. The van der Waals surface area contributed by atoms with E-state index in [2.05, 4.69) is 13.2 Å². The van der Waals surface area contributed by atoms with Crippen molar-refractivity contribution in [3.63, 3.8) is 0 Å². The Balaban J connectivity index is 2.65. The lowest BCUT2D eigenvalue weighted by Gasteiger charge is -2.15. The normalized spacial score (nSPS) is 10.0. The van der Waals surface area contributed by atoms with Crippen molar-refractivity contribution in [3.8, 4) is 17.2 Å². The van der Waals surface area contributed by atoms with E-state index in [9.17, 15) is 9.59 Å². The topological polar surface area (TPSA) is 82.1 Å². The number of hydrogen-bond acceptors (Lipinski definition) is 6. The average molecular weight is 328 g/mol. The van der Waals surface area contributed by atoms with Crippen molar-refractivity contribution >= 4 is 22.7 Å². The minimum atomic E-state index is -0.662. The largest absolute Gasteiger partial charge is 0.487 e. The van der Waals surface area contributed by atoms with E-state index >= 15 is 0 Å². The maximum atomic E-state index is 11.6. The molecule has 0 aliphatic rings. The van der Waals surface area contributed by atoms with Crippen molar-refractivity contribution < 1.29 is 28.9 Å². The van der Waals surface area contributed by atoms with Gasteiger partial charge in [0.1, 0.15) is 12.4 Å². The van der Waals surface area contributed by atoms with Gasteiger partial charge in [-0.05, 0) is 0 Å². The summed E-state index contributed by atoms with van der Waals surface area (Å²) in [5.41, 5.74) is 0. The fourth-order valence-electron chi connectivity index (χ4n) is 2.04. The summed E-state index contributed by atoms with van der Waals surface area (Å²) >= 11 is 0. The van der Waals surface area contributed by atoms with Crippen molar-refractivity contribution in [3.05, 3.63) is 55.6 Å². The van der Waals surface area contributed by atoms with Gasteiger partial charge in [0, 0.05) is 29.0 Å². The first-order valence-electron chi connectivity index (χ1n) is 7.08. The first-order valence-corrected chi connectivity index (χ1v) is 7.08. The number of carbonyl (C=O) groups is 2. The maximum Gasteiger partial charge on any atom is 0.335 e. The third kappa shape index (κ3) is 3.80. The fourth-order valence-corrected chi connectivity index (χ4v) is 2.04. The van der Waals surface area contributed by atoms with E-state index in [1.165, 1.54) is 6.07 Å². The molecule has 0 saturated heterocycles. The first kappa shape index (κ1) is 17.2. The molecule has 24 heavy (non-hydrogen) atoms. The molecule has 0 aliphatic heterocycles. The molecule has 0 unspecified atom stereocenters. The van der Waals surface area contributed by atoms with Gasteiger partial charge >= 0.3 is 11.9 Å². The first-order chi connectivity index (χ1) is 11.6. The third-order valence-electron chi connectivity index (χ3n) is 3.02. The van der Waals surface area contributed by atoms with Gasteiger partial charge in [-0.15, -0.1) is 0 Å². The minimum absolute atomic E-state index is 0.0220. The molecule has 2 rings (SSSR count). The molecule has 0 spiro atoms. The van der Waals surface area contributed by atoms with E-state index in [0.29, 0.717) is 10.8 Å². The zero-order chi connectivity index (χ0) is 17.5. The Hall–Kier alpha value is -3.12. The van der Waals surface area contributed by atoms with Crippen LogP contribution in [0.1, 0.15) is 0 Å². The monoisotopic (exact) mass is 328 g/mol. The predicted molar refractivity (Wildman–Crippen MR) is 88.2 cm³/mol. The van der Waals surface area contributed by atoms with Crippen LogP contribution < -0.4 is 14.2 Å². The van der Waals surface area contributed by atoms with Crippen molar-refractivity contribution in [2.24, 2.45) is 0 Å². The quantitative estimate of drug-likeness (QED) is 0.477. The number of ether oxygens (including phenoxy) is 3. The van der Waals surface area contributed by atoms with E-state index in [0.717, 1.165) is 12.2 Å². The number of esters is 2. The van der Waals surface area contributed by atoms with Gasteiger partial charge in [-0.3, -0.25) is 0 Å². The lowest BCUT2D eigenvalue weighted by atomic mass is 10.1. The molecule has 0 aliphatic carbocycles. The summed E-state index contributed by atoms with van der Waals surface area (Å²) in [6.07, 6.45) is 2.06. The lowest BCUT2D eigenvalue weighted by molar-refractivity contribution is -0.130. The summed E-state index contributed by atoms with van der Waals surface area (Å²) < 4.78 is 15.9. The van der Waals surface area contributed by atoms with Crippen molar-refractivity contribution in [1.29, 1.82) is 0 Å². The molecular weight excluding hydrogens is 312 g/mol. The van der Waals surface area contributed by atoms with Crippen molar-refractivity contribution in [1.82, 2.24) is 0 Å². The molecule has 0 heterocycles. The maximum absolute atomic E-state index is 11.6. The predicted octanol–water partition coefficient (Wildman–Crippen LogP) is 2.39. The van der Waals surface area contributed by atoms with Crippen LogP contribution in [0.15, 0.2) is 55.6 Å². The number of rotatable bonds is 7. The molecular formula is C18H16O6. The van der Waals surface area contributed by atoms with Crippen LogP contribution in [0.3, 0.4) is 0 Å². The molecule has 6 nitrogen and oxygen atoms in total. The summed E-state index contributed by atoms with van der Waals surface area (Å²) in [5, 5.41) is 10.0. The van der Waals surface area contributed by atoms with E-state index in [-0.39, 0.29) is 30.5 Å². The van der Waals surface area contributed by atoms with Crippen molar-refractivity contribution in [2.75, 3.05) is 13.2 Å². The Morgan fingerprint density at radius 2 is 1.62 bits per heavy atom. The van der Waals surface area contributed by atoms with Crippen LogP contribution in [-0.4, -0.2) is 30.3 Å². The summed E-state index contributed by atoms with van der Waals surface area (Å²) in [7, 11) is 0. The van der Waals surface area contributed by atoms with Gasteiger partial charge in [-0.2, -0.15) is 0 Å². The van der Waals surface area contributed by atoms with E-state index < -0.39 is 11.9 Å². The highest BCUT2D eigenvalue weighted by molar-refractivity contribution is 5.99. The summed E-state index contributed by atoms with van der Waals surface area (Å²) in [5.74, 6) is -0.761. The fraction of sp³-hybridized carbons (Fsp3) is 0.111. The summed E-state index contributed by atoms with van der Waals surface area (Å²) in [6, 6.07) is 8.31. The van der Waals surface area contributed by atoms with Crippen LogP contribution in [0.25, 0.3) is 10.8 Å². The van der Waals surface area contributed by atoms with Gasteiger partial charge in [0.25, 0.3) is 0 Å². The Labute approximate surface area is 138 Å². The van der Waals surface area contributed by atoms with Crippen LogP contribution >= 0.6 is 0 Å². The Morgan fingerprint density at radius 1 is 1.00 bits per heavy atom. The molecule has 0 atom stereocenters. The second-order valence-corrected chi connectivity index (χ2v) is 4.57. The number of fused-ring (bicyclic) bond motifs is 1. The highest BCUT2D eigenvalue weighted by Crippen LogP contribution is 2.41. The number of aliphatic hydroxyl groups excluding tert-OH is 1. The SMILES string of the molecule is C=CC(=O)Oc1cc(OCCO)c(OC(=O)C=C)c2ccccc12. The Kier molecular flexibility index (Phi) is 5.70. The molecule has 124 valence electrons. The molecule has 2 aromatic carbocycles. The third-order valence-corrected chi connectivity index (χ3v) is 3.02. The molecule has 0 bridgehead atoms. The molecule has 1 N–H and O–H groups in total. The summed E-state index contributed by atoms with van der Waals surface area (Å²) in [4.78, 5) is 23.2. The smallest absolute Gasteiger partial charge is 0.335 e. The second kappa shape index (κ2) is 7.94. The Morgan fingerprint density at radius 3 is 2.25 bits per heavy atom. The van der Waals surface area contributed by atoms with Crippen LogP contribution in [-0.2, 0) is 9.59 Å². The number of hydrogen-bond donors (Lipinski definition) is 1. The van der Waals surface area contributed by atoms with E-state index in [1.807, 2.05) is 0 Å². The highest BCUT2D eigenvalue weighted by Gasteiger charge is 2.18. The number of aliphatic hydroxyl groups is 1. The van der Waals surface area contributed by atoms with Crippen molar-refractivity contribution in [2.45, 2.75) is 0 Å². The van der Waals surface area contributed by atoms with E-state index in [4.69, 9.17) is 19.3 Å². The highest BCUT2D eigenvalue weighted by atomic mass is 16.6.